The molecule has 0 heterocycles. The predicted molar refractivity (Wildman–Crippen MR) is 113 cm³/mol. The quantitative estimate of drug-likeness (QED) is 0.425. The minimum atomic E-state index is -3.20. The van der Waals surface area contributed by atoms with E-state index in [9.17, 15) is 4.57 Å². The average molecular weight is 370 g/mol. The van der Waals surface area contributed by atoms with Crippen LogP contribution in [0.25, 0.3) is 5.31 Å². The fraction of sp³-hybridized carbons (Fsp3) is 0.0417. The molecule has 0 aliphatic rings. The minimum absolute atomic E-state index is 0.240. The smallest absolute Gasteiger partial charge is 0.179 e. The Labute approximate surface area is 159 Å². The van der Waals surface area contributed by atoms with Gasteiger partial charge in [-0.25, -0.2) is 0 Å². The lowest BCUT2D eigenvalue weighted by molar-refractivity contribution is 0.350. The largest absolute Gasteiger partial charge is 0.384 e. The van der Waals surface area contributed by atoms with Crippen molar-refractivity contribution in [2.75, 3.05) is 6.61 Å². The van der Waals surface area contributed by atoms with Crippen LogP contribution >= 0.6 is 7.14 Å². The highest BCUT2D eigenvalue weighted by Crippen LogP contribution is 2.56. The molecule has 0 aromatic heterocycles. The molecule has 0 unspecified atom stereocenters. The van der Waals surface area contributed by atoms with Gasteiger partial charge in [0.15, 0.2) is 7.14 Å². The predicted octanol–water partition coefficient (Wildman–Crippen LogP) is 4.17. The van der Waals surface area contributed by atoms with E-state index in [1.807, 2.05) is 84.9 Å². The van der Waals surface area contributed by atoms with Crippen molar-refractivity contribution in [3.05, 3.63) is 108 Å². The van der Waals surface area contributed by atoms with Crippen molar-refractivity contribution in [1.82, 2.24) is 0 Å². The molecule has 0 radical (unpaired) electrons. The van der Waals surface area contributed by atoms with E-state index in [1.54, 1.807) is 0 Å². The third-order valence-electron chi connectivity index (χ3n) is 4.21. The molecule has 3 aromatic rings. The first-order valence-corrected chi connectivity index (χ1v) is 10.2. The van der Waals surface area contributed by atoms with Gasteiger partial charge < -0.3 is 9.67 Å². The number of hydrogen-bond donors (Lipinski definition) is 1. The molecule has 0 amide bonds. The van der Waals surface area contributed by atoms with E-state index in [-0.39, 0.29) is 6.61 Å². The van der Waals surface area contributed by atoms with Crippen molar-refractivity contribution in [2.45, 2.75) is 0 Å². The minimum Gasteiger partial charge on any atom is -0.384 e. The number of aliphatic hydroxyl groups is 1. The summed E-state index contributed by atoms with van der Waals surface area (Å²) in [6, 6.07) is 26.2. The molecule has 3 aromatic carbocycles. The molecule has 0 atom stereocenters. The lowest BCUT2D eigenvalue weighted by Crippen LogP contribution is -2.17. The van der Waals surface area contributed by atoms with Crippen LogP contribution in [0.3, 0.4) is 0 Å². The first-order valence-electron chi connectivity index (χ1n) is 8.53. The molecule has 0 fully saturated rings. The van der Waals surface area contributed by atoms with Gasteiger partial charge in [-0.1, -0.05) is 97.3 Å². The lowest BCUT2D eigenvalue weighted by atomic mass is 10.1. The molecule has 0 aliphatic carbocycles. The van der Waals surface area contributed by atoms with Gasteiger partial charge in [0.2, 0.25) is 0 Å². The highest BCUT2D eigenvalue weighted by Gasteiger charge is 2.33. The van der Waals surface area contributed by atoms with Crippen LogP contribution in [0.1, 0.15) is 11.1 Å². The van der Waals surface area contributed by atoms with Crippen LogP contribution in [-0.2, 0) is 4.57 Å². The number of hydrogen-bond acceptors (Lipinski definition) is 2. The molecular weight excluding hydrogens is 351 g/mol. The fourth-order valence-electron chi connectivity index (χ4n) is 2.99. The summed E-state index contributed by atoms with van der Waals surface area (Å²) in [7, 11) is -3.20. The Morgan fingerprint density at radius 3 is 1.89 bits per heavy atom. The van der Waals surface area contributed by atoms with Crippen molar-refractivity contribution >= 4 is 23.1 Å². The van der Waals surface area contributed by atoms with Gasteiger partial charge in [-0.05, 0) is 6.07 Å². The fourth-order valence-corrected chi connectivity index (χ4v) is 5.75. The summed E-state index contributed by atoms with van der Waals surface area (Å²) in [6.45, 7) is 3.60. The van der Waals surface area contributed by atoms with E-state index in [1.165, 1.54) is 0 Å². The highest BCUT2D eigenvalue weighted by molar-refractivity contribution is 7.87. The lowest BCUT2D eigenvalue weighted by Gasteiger charge is -2.22. The van der Waals surface area contributed by atoms with E-state index in [0.717, 1.165) is 0 Å². The monoisotopic (exact) mass is 370 g/mol. The second-order valence-corrected chi connectivity index (χ2v) is 8.51. The molecule has 0 spiro atoms. The summed E-state index contributed by atoms with van der Waals surface area (Å²) < 4.78 is 14.5. The summed E-state index contributed by atoms with van der Waals surface area (Å²) >= 11 is 0. The van der Waals surface area contributed by atoms with Crippen molar-refractivity contribution in [2.24, 2.45) is 0 Å². The molecule has 1 N–H and O–H groups in total. The molecule has 3 heteroatoms. The van der Waals surface area contributed by atoms with Crippen LogP contribution in [0.2, 0.25) is 0 Å². The zero-order valence-electron chi connectivity index (χ0n) is 14.8. The van der Waals surface area contributed by atoms with Gasteiger partial charge >= 0.3 is 0 Å². The van der Waals surface area contributed by atoms with E-state index < -0.39 is 7.14 Å². The zero-order valence-corrected chi connectivity index (χ0v) is 15.7. The summed E-state index contributed by atoms with van der Waals surface area (Å²) in [6.07, 6.45) is 0. The molecule has 132 valence electrons. The normalized spacial score (nSPS) is 10.4. The first kappa shape index (κ1) is 18.7. The van der Waals surface area contributed by atoms with Crippen molar-refractivity contribution in [1.29, 1.82) is 0 Å². The van der Waals surface area contributed by atoms with Crippen molar-refractivity contribution in [3.8, 4) is 11.8 Å². The Kier molecular flexibility index (Phi) is 5.92. The summed E-state index contributed by atoms with van der Waals surface area (Å²) in [4.78, 5) is 0. The van der Waals surface area contributed by atoms with E-state index in [0.29, 0.717) is 27.1 Å². The van der Waals surface area contributed by atoms with Crippen LogP contribution in [0, 0.1) is 11.8 Å². The topological polar surface area (TPSA) is 37.3 Å². The third kappa shape index (κ3) is 3.72. The molecular formula is C24H19O2P. The molecule has 3 rings (SSSR count). The third-order valence-corrected chi connectivity index (χ3v) is 7.29. The maximum absolute atomic E-state index is 14.5. The van der Waals surface area contributed by atoms with Gasteiger partial charge in [-0.2, -0.15) is 0 Å². The van der Waals surface area contributed by atoms with E-state index in [4.69, 9.17) is 5.11 Å². The number of aliphatic hydroxyl groups excluding tert-OH is 1. The maximum Gasteiger partial charge on any atom is 0.179 e. The Balaban J connectivity index is 2.31. The highest BCUT2D eigenvalue weighted by atomic mass is 31.2. The molecule has 0 saturated carbocycles. The molecule has 0 bridgehead atoms. The van der Waals surface area contributed by atoms with Gasteiger partial charge in [0, 0.05) is 21.7 Å². The Hall–Kier alpha value is -3.07. The van der Waals surface area contributed by atoms with Gasteiger partial charge in [0.25, 0.3) is 0 Å². The molecule has 0 saturated heterocycles. The number of benzene rings is 3. The van der Waals surface area contributed by atoms with Crippen LogP contribution in [0.15, 0.2) is 97.2 Å². The van der Waals surface area contributed by atoms with E-state index in [2.05, 4.69) is 24.2 Å². The Morgan fingerprint density at radius 2 is 1.37 bits per heavy atom. The maximum atomic E-state index is 14.5. The van der Waals surface area contributed by atoms with Crippen LogP contribution in [0.4, 0.5) is 0 Å². The molecule has 27 heavy (non-hydrogen) atoms. The van der Waals surface area contributed by atoms with Gasteiger partial charge in [0.1, 0.15) is 6.61 Å². The van der Waals surface area contributed by atoms with Gasteiger partial charge in [-0.3, -0.25) is 0 Å². The molecule has 2 nitrogen and oxygen atoms in total. The SMILES string of the molecule is C=C=C(c1ccccc1C#CCO)P(=O)(c1ccccc1)c1ccccc1. The summed E-state index contributed by atoms with van der Waals surface area (Å²) in [5.74, 6) is 5.61. The number of rotatable bonds is 4. The van der Waals surface area contributed by atoms with Gasteiger partial charge in [0.05, 0.1) is 5.31 Å². The van der Waals surface area contributed by atoms with Gasteiger partial charge in [-0.15, -0.1) is 5.73 Å². The Bertz CT molecular complexity index is 1040. The second kappa shape index (κ2) is 8.54. The van der Waals surface area contributed by atoms with Crippen LogP contribution in [-0.4, -0.2) is 11.7 Å². The van der Waals surface area contributed by atoms with E-state index >= 15 is 0 Å². The van der Waals surface area contributed by atoms with Crippen molar-refractivity contribution < 1.29 is 9.67 Å². The first-order chi connectivity index (χ1) is 13.2. The van der Waals surface area contributed by atoms with Crippen LogP contribution in [0.5, 0.6) is 0 Å². The Morgan fingerprint density at radius 1 is 0.852 bits per heavy atom. The van der Waals surface area contributed by atoms with Crippen molar-refractivity contribution in [3.63, 3.8) is 0 Å². The standard InChI is InChI=1S/C24H19O2P/c1-2-24(23-18-10-9-12-20(23)13-11-19-25)27(26,21-14-5-3-6-15-21)22-16-7-4-8-17-22/h3-10,12,14-18,25H,1,19H2. The van der Waals surface area contributed by atoms with Crippen LogP contribution < -0.4 is 10.6 Å². The summed E-state index contributed by atoms with van der Waals surface area (Å²) in [5.41, 5.74) is 4.34. The molecule has 0 aliphatic heterocycles. The average Bonchev–Trinajstić information content (AvgIpc) is 2.74. The zero-order chi connectivity index (χ0) is 19.1. The summed E-state index contributed by atoms with van der Waals surface area (Å²) in [5, 5.41) is 11.0. The second-order valence-electron chi connectivity index (χ2n) is 5.81.